The summed E-state index contributed by atoms with van der Waals surface area (Å²) in [5.74, 6) is 1.55. The Hall–Kier alpha value is -0.220. The minimum absolute atomic E-state index is 0.237. The molecule has 0 bridgehead atoms. The highest BCUT2D eigenvalue weighted by Gasteiger charge is 2.48. The SMILES string of the molecule is CCCC1NC(C)(CC)C(=O)N1CC1(C)CCCS1. The molecule has 2 fully saturated rings. The van der Waals surface area contributed by atoms with Crippen molar-refractivity contribution in [1.82, 2.24) is 10.2 Å². The lowest BCUT2D eigenvalue weighted by Crippen LogP contribution is -2.45. The summed E-state index contributed by atoms with van der Waals surface area (Å²) < 4.78 is 0.266. The zero-order valence-electron chi connectivity index (χ0n) is 12.8. The fraction of sp³-hybridized carbons (Fsp3) is 0.933. The van der Waals surface area contributed by atoms with Crippen LogP contribution in [0.1, 0.15) is 59.8 Å². The zero-order chi connectivity index (χ0) is 14.1. The highest BCUT2D eigenvalue weighted by Crippen LogP contribution is 2.40. The third-order valence-corrected chi connectivity index (χ3v) is 6.19. The second-order valence-corrected chi connectivity index (χ2v) is 8.15. The van der Waals surface area contributed by atoms with Gasteiger partial charge in [-0.25, -0.2) is 0 Å². The second kappa shape index (κ2) is 5.65. The van der Waals surface area contributed by atoms with Crippen molar-refractivity contribution < 1.29 is 4.79 Å². The molecule has 110 valence electrons. The van der Waals surface area contributed by atoms with E-state index in [1.165, 1.54) is 18.6 Å². The van der Waals surface area contributed by atoms with Crippen molar-refractivity contribution in [3.8, 4) is 0 Å². The first kappa shape index (κ1) is 15.2. The Morgan fingerprint density at radius 3 is 2.68 bits per heavy atom. The van der Waals surface area contributed by atoms with Gasteiger partial charge in [0.25, 0.3) is 0 Å². The van der Waals surface area contributed by atoms with Gasteiger partial charge in [-0.2, -0.15) is 11.8 Å². The summed E-state index contributed by atoms with van der Waals surface area (Å²) in [6.45, 7) is 9.58. The molecule has 1 amide bonds. The lowest BCUT2D eigenvalue weighted by molar-refractivity contribution is -0.133. The van der Waals surface area contributed by atoms with Crippen LogP contribution < -0.4 is 5.32 Å². The molecular formula is C15H28N2OS. The Balaban J connectivity index is 2.13. The highest BCUT2D eigenvalue weighted by molar-refractivity contribution is 8.00. The molecule has 4 heteroatoms. The van der Waals surface area contributed by atoms with E-state index in [-0.39, 0.29) is 16.5 Å². The van der Waals surface area contributed by atoms with Crippen molar-refractivity contribution in [3.63, 3.8) is 0 Å². The van der Waals surface area contributed by atoms with E-state index in [9.17, 15) is 4.79 Å². The van der Waals surface area contributed by atoms with Crippen molar-refractivity contribution in [2.45, 2.75) is 76.3 Å². The maximum Gasteiger partial charge on any atom is 0.243 e. The standard InChI is InChI=1S/C15H28N2OS/c1-5-8-12-16-15(4,6-2)13(18)17(12)11-14(3)9-7-10-19-14/h12,16H,5-11H2,1-4H3. The number of hydrogen-bond donors (Lipinski definition) is 1. The van der Waals surface area contributed by atoms with Crippen LogP contribution in [0.5, 0.6) is 0 Å². The summed E-state index contributed by atoms with van der Waals surface area (Å²) in [7, 11) is 0. The minimum atomic E-state index is -0.348. The fourth-order valence-electron chi connectivity index (χ4n) is 3.22. The van der Waals surface area contributed by atoms with E-state index in [0.717, 1.165) is 25.8 Å². The van der Waals surface area contributed by atoms with E-state index in [2.05, 4.69) is 37.9 Å². The number of thioether (sulfide) groups is 1. The predicted octanol–water partition coefficient (Wildman–Crippen LogP) is 3.00. The second-order valence-electron chi connectivity index (χ2n) is 6.47. The van der Waals surface area contributed by atoms with Crippen LogP contribution in [0.2, 0.25) is 0 Å². The summed E-state index contributed by atoms with van der Waals surface area (Å²) in [5.41, 5.74) is -0.348. The molecule has 0 aromatic rings. The summed E-state index contributed by atoms with van der Waals surface area (Å²) in [6.07, 6.45) is 5.81. The Bertz CT molecular complexity index is 341. The smallest absolute Gasteiger partial charge is 0.243 e. The van der Waals surface area contributed by atoms with Gasteiger partial charge in [0.15, 0.2) is 0 Å². The predicted molar refractivity (Wildman–Crippen MR) is 82.3 cm³/mol. The van der Waals surface area contributed by atoms with Gasteiger partial charge >= 0.3 is 0 Å². The van der Waals surface area contributed by atoms with Gasteiger partial charge in [0, 0.05) is 11.3 Å². The van der Waals surface area contributed by atoms with Crippen LogP contribution >= 0.6 is 11.8 Å². The van der Waals surface area contributed by atoms with E-state index in [4.69, 9.17) is 0 Å². The quantitative estimate of drug-likeness (QED) is 0.842. The van der Waals surface area contributed by atoms with Gasteiger partial charge in [0.05, 0.1) is 11.7 Å². The number of carbonyl (C=O) groups is 1. The van der Waals surface area contributed by atoms with E-state index < -0.39 is 0 Å². The average molecular weight is 284 g/mol. The third kappa shape index (κ3) is 2.94. The molecule has 3 nitrogen and oxygen atoms in total. The maximum atomic E-state index is 12.7. The first-order valence-electron chi connectivity index (χ1n) is 7.67. The van der Waals surface area contributed by atoms with Crippen LogP contribution in [-0.2, 0) is 4.79 Å². The van der Waals surface area contributed by atoms with Crippen molar-refractivity contribution in [2.24, 2.45) is 0 Å². The monoisotopic (exact) mass is 284 g/mol. The number of nitrogens with one attached hydrogen (secondary N) is 1. The van der Waals surface area contributed by atoms with Gasteiger partial charge in [0.1, 0.15) is 0 Å². The lowest BCUT2D eigenvalue weighted by atomic mass is 9.98. The van der Waals surface area contributed by atoms with E-state index in [0.29, 0.717) is 5.91 Å². The van der Waals surface area contributed by atoms with Gasteiger partial charge in [-0.15, -0.1) is 0 Å². The molecule has 0 saturated carbocycles. The van der Waals surface area contributed by atoms with Crippen molar-refractivity contribution >= 4 is 17.7 Å². The highest BCUT2D eigenvalue weighted by atomic mass is 32.2. The van der Waals surface area contributed by atoms with E-state index in [1.807, 2.05) is 11.8 Å². The molecular weight excluding hydrogens is 256 g/mol. The van der Waals surface area contributed by atoms with Crippen molar-refractivity contribution in [3.05, 3.63) is 0 Å². The van der Waals surface area contributed by atoms with Crippen LogP contribution in [0, 0.1) is 0 Å². The average Bonchev–Trinajstić information content (AvgIpc) is 2.89. The normalized spacial score (nSPS) is 39.3. The van der Waals surface area contributed by atoms with Gasteiger partial charge in [-0.05, 0) is 45.3 Å². The van der Waals surface area contributed by atoms with Gasteiger partial charge in [0.2, 0.25) is 5.91 Å². The Morgan fingerprint density at radius 2 is 2.16 bits per heavy atom. The first-order valence-corrected chi connectivity index (χ1v) is 8.65. The summed E-state index contributed by atoms with van der Waals surface area (Å²) in [6, 6.07) is 0. The molecule has 2 aliphatic rings. The van der Waals surface area contributed by atoms with E-state index >= 15 is 0 Å². The molecule has 2 aliphatic heterocycles. The van der Waals surface area contributed by atoms with Crippen LogP contribution in [0.4, 0.5) is 0 Å². The summed E-state index contributed by atoms with van der Waals surface area (Å²) in [4.78, 5) is 14.9. The Morgan fingerprint density at radius 1 is 1.42 bits per heavy atom. The zero-order valence-corrected chi connectivity index (χ0v) is 13.6. The molecule has 2 saturated heterocycles. The number of rotatable bonds is 5. The number of nitrogens with zero attached hydrogens (tertiary/aromatic N) is 1. The summed E-state index contributed by atoms with van der Waals surface area (Å²) >= 11 is 2.04. The van der Waals surface area contributed by atoms with Gasteiger partial charge < -0.3 is 4.90 Å². The van der Waals surface area contributed by atoms with Gasteiger partial charge in [-0.1, -0.05) is 20.3 Å². The topological polar surface area (TPSA) is 32.3 Å². The number of carbonyl (C=O) groups excluding carboxylic acids is 1. The largest absolute Gasteiger partial charge is 0.324 e. The van der Waals surface area contributed by atoms with Crippen LogP contribution in [0.3, 0.4) is 0 Å². The molecule has 19 heavy (non-hydrogen) atoms. The maximum absolute atomic E-state index is 12.7. The Labute approximate surface area is 121 Å². The van der Waals surface area contributed by atoms with Crippen molar-refractivity contribution in [2.75, 3.05) is 12.3 Å². The van der Waals surface area contributed by atoms with Gasteiger partial charge in [-0.3, -0.25) is 10.1 Å². The molecule has 0 spiro atoms. The van der Waals surface area contributed by atoms with Crippen molar-refractivity contribution in [1.29, 1.82) is 0 Å². The summed E-state index contributed by atoms with van der Waals surface area (Å²) in [5, 5.41) is 3.58. The number of hydrogen-bond acceptors (Lipinski definition) is 3. The molecule has 0 aromatic heterocycles. The molecule has 0 aromatic carbocycles. The first-order chi connectivity index (χ1) is 8.94. The molecule has 0 aliphatic carbocycles. The molecule has 0 radical (unpaired) electrons. The lowest BCUT2D eigenvalue weighted by Gasteiger charge is -2.32. The minimum Gasteiger partial charge on any atom is -0.324 e. The third-order valence-electron chi connectivity index (χ3n) is 4.67. The molecule has 3 atom stereocenters. The van der Waals surface area contributed by atoms with Crippen LogP contribution in [0.25, 0.3) is 0 Å². The van der Waals surface area contributed by atoms with Crippen LogP contribution in [0.15, 0.2) is 0 Å². The van der Waals surface area contributed by atoms with E-state index in [1.54, 1.807) is 0 Å². The van der Waals surface area contributed by atoms with Crippen LogP contribution in [-0.4, -0.2) is 39.6 Å². The Kier molecular flexibility index (Phi) is 4.51. The molecule has 2 rings (SSSR count). The fourth-order valence-corrected chi connectivity index (χ4v) is 4.53. The molecule has 1 N–H and O–H groups in total. The number of amides is 1. The molecule has 3 unspecified atom stereocenters. The molecule has 2 heterocycles.